The van der Waals surface area contributed by atoms with Crippen LogP contribution in [0.15, 0.2) is 24.4 Å². The Bertz CT molecular complexity index is 1140. The molecule has 2 aliphatic heterocycles. The van der Waals surface area contributed by atoms with Gasteiger partial charge in [0.15, 0.2) is 5.82 Å². The van der Waals surface area contributed by atoms with Crippen LogP contribution in [-0.2, 0) is 0 Å². The van der Waals surface area contributed by atoms with Gasteiger partial charge in [-0.2, -0.15) is 5.10 Å². The molecule has 3 aromatic rings. The molecule has 32 heavy (non-hydrogen) atoms. The molecule has 2 aromatic heterocycles. The summed E-state index contributed by atoms with van der Waals surface area (Å²) < 4.78 is 17.1. The Balaban J connectivity index is 1.52. The third-order valence-corrected chi connectivity index (χ3v) is 6.87. The van der Waals surface area contributed by atoms with Gasteiger partial charge >= 0.3 is 0 Å². The van der Waals surface area contributed by atoms with Gasteiger partial charge in [0.1, 0.15) is 17.8 Å². The summed E-state index contributed by atoms with van der Waals surface area (Å²) in [5.74, 6) is 2.02. The number of aromatic nitrogens is 4. The van der Waals surface area contributed by atoms with Gasteiger partial charge in [0, 0.05) is 43.0 Å². The molecule has 1 aromatic carbocycles. The van der Waals surface area contributed by atoms with E-state index in [1.807, 2.05) is 28.8 Å². The second kappa shape index (κ2) is 8.08. The normalized spacial score (nSPS) is 22.7. The third kappa shape index (κ3) is 3.75. The Kier molecular flexibility index (Phi) is 5.37. The van der Waals surface area contributed by atoms with E-state index in [1.54, 1.807) is 0 Å². The van der Waals surface area contributed by atoms with Crippen molar-refractivity contribution in [2.75, 3.05) is 31.1 Å². The Morgan fingerprint density at radius 3 is 2.50 bits per heavy atom. The van der Waals surface area contributed by atoms with Gasteiger partial charge in [0.2, 0.25) is 0 Å². The van der Waals surface area contributed by atoms with Gasteiger partial charge < -0.3 is 10.0 Å². The SMILES string of the molecule is Cc1nc(N2CC(O)C2)cc(-n2ncc3cc(C)c(C4CCN(C(C)C)CC4F)cc32)n1. The van der Waals surface area contributed by atoms with Gasteiger partial charge in [-0.15, -0.1) is 0 Å². The summed E-state index contributed by atoms with van der Waals surface area (Å²) in [7, 11) is 0. The highest BCUT2D eigenvalue weighted by molar-refractivity contribution is 5.82. The van der Waals surface area contributed by atoms with E-state index in [9.17, 15) is 5.11 Å². The number of nitrogens with zero attached hydrogens (tertiary/aromatic N) is 6. The maximum atomic E-state index is 15.2. The van der Waals surface area contributed by atoms with E-state index in [0.29, 0.717) is 37.3 Å². The van der Waals surface area contributed by atoms with Gasteiger partial charge in [0.25, 0.3) is 0 Å². The standard InChI is InChI=1S/C24H31FN6O/c1-14(2)29-6-5-19(21(25)13-29)20-8-22-17(7-15(20)3)10-26-31(22)24-9-23(27-16(4)28-24)30-11-18(32)12-30/h7-10,14,18-19,21,32H,5-6,11-13H2,1-4H3. The second-order valence-electron chi connectivity index (χ2n) is 9.51. The van der Waals surface area contributed by atoms with Gasteiger partial charge in [-0.25, -0.2) is 19.0 Å². The van der Waals surface area contributed by atoms with Crippen LogP contribution < -0.4 is 4.90 Å². The number of benzene rings is 1. The first-order valence-corrected chi connectivity index (χ1v) is 11.5. The molecule has 2 saturated heterocycles. The van der Waals surface area contributed by atoms with Crippen LogP contribution >= 0.6 is 0 Å². The largest absolute Gasteiger partial charge is 0.389 e. The fraction of sp³-hybridized carbons (Fsp3) is 0.542. The molecule has 7 nitrogen and oxygen atoms in total. The Morgan fingerprint density at radius 2 is 1.81 bits per heavy atom. The van der Waals surface area contributed by atoms with Crippen molar-refractivity contribution in [2.24, 2.45) is 0 Å². The number of fused-ring (bicyclic) bond motifs is 1. The Labute approximate surface area is 187 Å². The summed E-state index contributed by atoms with van der Waals surface area (Å²) in [5.41, 5.74) is 3.10. The van der Waals surface area contributed by atoms with Crippen molar-refractivity contribution in [2.45, 2.75) is 58.4 Å². The molecular formula is C24H31FN6O. The predicted octanol–water partition coefficient (Wildman–Crippen LogP) is 3.15. The lowest BCUT2D eigenvalue weighted by molar-refractivity contribution is 0.0938. The Morgan fingerprint density at radius 1 is 1.06 bits per heavy atom. The van der Waals surface area contributed by atoms with E-state index in [2.05, 4.69) is 52.9 Å². The highest BCUT2D eigenvalue weighted by Crippen LogP contribution is 2.35. The second-order valence-corrected chi connectivity index (χ2v) is 9.51. The van der Waals surface area contributed by atoms with Crippen molar-refractivity contribution in [3.63, 3.8) is 0 Å². The van der Waals surface area contributed by atoms with Crippen molar-refractivity contribution >= 4 is 16.7 Å². The number of hydrogen-bond acceptors (Lipinski definition) is 6. The number of aryl methyl sites for hydroxylation is 2. The number of piperidine rings is 1. The molecule has 0 bridgehead atoms. The maximum Gasteiger partial charge on any atom is 0.159 e. The van der Waals surface area contributed by atoms with Gasteiger partial charge in [-0.05, 0) is 63.9 Å². The molecule has 0 aliphatic carbocycles. The molecule has 5 rings (SSSR count). The molecule has 1 N–H and O–H groups in total. The number of aliphatic hydroxyl groups is 1. The van der Waals surface area contributed by atoms with E-state index in [0.717, 1.165) is 40.8 Å². The van der Waals surface area contributed by atoms with E-state index in [1.165, 1.54) is 0 Å². The zero-order valence-corrected chi connectivity index (χ0v) is 19.2. The molecule has 0 amide bonds. The van der Waals surface area contributed by atoms with Crippen LogP contribution in [0.3, 0.4) is 0 Å². The van der Waals surface area contributed by atoms with Crippen molar-refractivity contribution < 1.29 is 9.50 Å². The number of alkyl halides is 1. The van der Waals surface area contributed by atoms with Crippen molar-refractivity contribution in [3.8, 4) is 5.82 Å². The molecule has 170 valence electrons. The number of anilines is 1. The van der Waals surface area contributed by atoms with Crippen LogP contribution in [0, 0.1) is 13.8 Å². The summed E-state index contributed by atoms with van der Waals surface area (Å²) in [5, 5.41) is 15.3. The van der Waals surface area contributed by atoms with Crippen molar-refractivity contribution in [1.82, 2.24) is 24.6 Å². The van der Waals surface area contributed by atoms with Crippen LogP contribution in [0.25, 0.3) is 16.7 Å². The molecule has 0 radical (unpaired) electrons. The monoisotopic (exact) mass is 438 g/mol. The van der Waals surface area contributed by atoms with E-state index in [4.69, 9.17) is 0 Å². The quantitative estimate of drug-likeness (QED) is 0.675. The van der Waals surface area contributed by atoms with Gasteiger partial charge in [-0.3, -0.25) is 4.90 Å². The molecule has 2 aliphatic rings. The summed E-state index contributed by atoms with van der Waals surface area (Å²) in [4.78, 5) is 13.4. The first-order valence-electron chi connectivity index (χ1n) is 11.5. The number of aliphatic hydroxyl groups excluding tert-OH is 1. The first-order chi connectivity index (χ1) is 15.3. The third-order valence-electron chi connectivity index (χ3n) is 6.87. The molecule has 0 spiro atoms. The molecule has 4 heterocycles. The number of likely N-dealkylation sites (tertiary alicyclic amines) is 1. The first kappa shape index (κ1) is 21.3. The zero-order valence-electron chi connectivity index (χ0n) is 19.2. The average molecular weight is 439 g/mol. The highest BCUT2D eigenvalue weighted by Gasteiger charge is 2.32. The predicted molar refractivity (Wildman–Crippen MR) is 123 cm³/mol. The number of β-amino-alcohol motifs (C(OH)–C–C–N with tert-alkyl or cyclic N) is 1. The van der Waals surface area contributed by atoms with Gasteiger partial charge in [-0.1, -0.05) is 0 Å². The molecule has 2 fully saturated rings. The lowest BCUT2D eigenvalue weighted by Gasteiger charge is -2.37. The summed E-state index contributed by atoms with van der Waals surface area (Å²) in [6.07, 6.45) is 1.46. The maximum absolute atomic E-state index is 15.2. The highest BCUT2D eigenvalue weighted by atomic mass is 19.1. The van der Waals surface area contributed by atoms with Crippen LogP contribution in [0.2, 0.25) is 0 Å². The zero-order chi connectivity index (χ0) is 22.6. The van der Waals surface area contributed by atoms with Crippen LogP contribution in [0.4, 0.5) is 10.2 Å². The van der Waals surface area contributed by atoms with Gasteiger partial charge in [0.05, 0.1) is 17.8 Å². The van der Waals surface area contributed by atoms with E-state index >= 15 is 4.39 Å². The van der Waals surface area contributed by atoms with Crippen LogP contribution in [0.1, 0.15) is 43.1 Å². The lowest BCUT2D eigenvalue weighted by atomic mass is 9.84. The summed E-state index contributed by atoms with van der Waals surface area (Å²) in [6.45, 7) is 10.7. The molecular weight excluding hydrogens is 407 g/mol. The summed E-state index contributed by atoms with van der Waals surface area (Å²) in [6, 6.07) is 6.48. The van der Waals surface area contributed by atoms with Crippen LogP contribution in [-0.4, -0.2) is 74.3 Å². The fourth-order valence-corrected chi connectivity index (χ4v) is 4.98. The number of hydrogen-bond donors (Lipinski definition) is 1. The molecule has 0 saturated carbocycles. The Hall–Kier alpha value is -2.58. The summed E-state index contributed by atoms with van der Waals surface area (Å²) >= 11 is 0. The van der Waals surface area contributed by atoms with Crippen molar-refractivity contribution in [1.29, 1.82) is 0 Å². The topological polar surface area (TPSA) is 70.3 Å². The molecule has 8 heteroatoms. The lowest BCUT2D eigenvalue weighted by Crippen LogP contribution is -2.51. The minimum absolute atomic E-state index is 0.108. The molecule has 2 atom stereocenters. The van der Waals surface area contributed by atoms with E-state index < -0.39 is 6.17 Å². The number of halogens is 1. The fourth-order valence-electron chi connectivity index (χ4n) is 4.98. The van der Waals surface area contributed by atoms with Crippen molar-refractivity contribution in [3.05, 3.63) is 41.3 Å². The molecule has 2 unspecified atom stereocenters. The van der Waals surface area contributed by atoms with E-state index in [-0.39, 0.29) is 12.0 Å². The average Bonchev–Trinajstić information content (AvgIpc) is 3.13. The van der Waals surface area contributed by atoms with Crippen LogP contribution in [0.5, 0.6) is 0 Å². The number of rotatable bonds is 4. The minimum atomic E-state index is -0.885. The smallest absolute Gasteiger partial charge is 0.159 e. The minimum Gasteiger partial charge on any atom is -0.389 e.